The van der Waals surface area contributed by atoms with Crippen LogP contribution in [0.2, 0.25) is 0 Å². The van der Waals surface area contributed by atoms with E-state index in [4.69, 9.17) is 13.2 Å². The molecular formula is C28H51O7PS. The Balaban J connectivity index is 2.84. The summed E-state index contributed by atoms with van der Waals surface area (Å²) in [5.41, 5.74) is 3.70. The van der Waals surface area contributed by atoms with Crippen molar-refractivity contribution < 1.29 is 31.3 Å². The molecule has 0 amide bonds. The molecule has 0 aromatic heterocycles. The lowest BCUT2D eigenvalue weighted by Gasteiger charge is -2.29. The highest BCUT2D eigenvalue weighted by atomic mass is 32.2. The normalized spacial score (nSPS) is 18.0. The molecule has 0 spiro atoms. The summed E-state index contributed by atoms with van der Waals surface area (Å²) in [4.78, 5) is -1.48. The van der Waals surface area contributed by atoms with Crippen molar-refractivity contribution in [2.24, 2.45) is 0 Å². The molecule has 2 atom stereocenters. The minimum Gasteiger partial charge on any atom is -0.389 e. The molecule has 1 aliphatic rings. The Morgan fingerprint density at radius 1 is 0.919 bits per heavy atom. The number of allylic oxidation sites excluding steroid dienone is 5. The van der Waals surface area contributed by atoms with E-state index in [0.717, 1.165) is 50.5 Å². The summed E-state index contributed by atoms with van der Waals surface area (Å²) in [6.07, 6.45) is 12.9. The van der Waals surface area contributed by atoms with Crippen LogP contribution in [0.1, 0.15) is 112 Å². The first-order chi connectivity index (χ1) is 17.4. The van der Waals surface area contributed by atoms with Crippen LogP contribution in [-0.4, -0.2) is 43.9 Å². The standard InChI is InChI=1S/C28H51O7PS/c1-7-33-36(30,34-8-2)28(37(31,32)35-27-18-10-9-11-19-27)21-20-26(29)22-25(6)17-13-16-24(5)15-12-14-23(3)4/h14,16,22,26-29H,7-13,15,17-21H2,1-6H3/b24-16+,25-22+. The molecule has 0 heterocycles. The van der Waals surface area contributed by atoms with E-state index in [1.54, 1.807) is 19.9 Å². The Kier molecular flexibility index (Phi) is 16.4. The van der Waals surface area contributed by atoms with Gasteiger partial charge in [0.2, 0.25) is 0 Å². The van der Waals surface area contributed by atoms with Crippen molar-refractivity contribution >= 4 is 17.7 Å². The molecule has 1 N–H and O–H groups in total. The average molecular weight is 563 g/mol. The van der Waals surface area contributed by atoms with E-state index < -0.39 is 34.9 Å². The summed E-state index contributed by atoms with van der Waals surface area (Å²) in [6, 6.07) is 0. The Morgan fingerprint density at radius 2 is 1.49 bits per heavy atom. The summed E-state index contributed by atoms with van der Waals surface area (Å²) < 4.78 is 56.5. The molecule has 1 fully saturated rings. The van der Waals surface area contributed by atoms with Crippen molar-refractivity contribution in [3.8, 4) is 0 Å². The number of aliphatic hydroxyl groups excluding tert-OH is 1. The third-order valence-electron chi connectivity index (χ3n) is 6.44. The number of aliphatic hydroxyl groups is 1. The Hall–Kier alpha value is -0.760. The van der Waals surface area contributed by atoms with Gasteiger partial charge in [-0.05, 0) is 92.9 Å². The Labute approximate surface area is 226 Å². The van der Waals surface area contributed by atoms with Crippen LogP contribution >= 0.6 is 7.60 Å². The first-order valence-corrected chi connectivity index (χ1v) is 17.0. The highest BCUT2D eigenvalue weighted by molar-refractivity contribution is 7.94. The van der Waals surface area contributed by atoms with E-state index in [2.05, 4.69) is 32.9 Å². The predicted octanol–water partition coefficient (Wildman–Crippen LogP) is 7.82. The number of hydrogen-bond acceptors (Lipinski definition) is 7. The molecule has 1 aliphatic carbocycles. The monoisotopic (exact) mass is 562 g/mol. The average Bonchev–Trinajstić information content (AvgIpc) is 2.79. The highest BCUT2D eigenvalue weighted by Gasteiger charge is 2.46. The molecule has 0 aromatic carbocycles. The van der Waals surface area contributed by atoms with Crippen LogP contribution in [-0.2, 0) is 27.9 Å². The van der Waals surface area contributed by atoms with Gasteiger partial charge in [0.15, 0.2) is 4.99 Å². The zero-order valence-electron chi connectivity index (χ0n) is 23.9. The SMILES string of the molecule is CCOP(=O)(OCC)C(CCC(O)/C=C(\C)CC/C=C(\C)CCC=C(C)C)S(=O)(=O)OC1CCCCC1. The van der Waals surface area contributed by atoms with E-state index in [0.29, 0.717) is 12.8 Å². The molecule has 1 saturated carbocycles. The van der Waals surface area contributed by atoms with Gasteiger partial charge >= 0.3 is 7.60 Å². The lowest BCUT2D eigenvalue weighted by molar-refractivity contribution is 0.157. The van der Waals surface area contributed by atoms with Crippen molar-refractivity contribution in [2.75, 3.05) is 13.2 Å². The molecule has 1 rings (SSSR count). The topological polar surface area (TPSA) is 99.1 Å². The first-order valence-electron chi connectivity index (χ1n) is 13.9. The third kappa shape index (κ3) is 13.7. The summed E-state index contributed by atoms with van der Waals surface area (Å²) in [6.45, 7) is 11.7. The van der Waals surface area contributed by atoms with Gasteiger partial charge in [-0.3, -0.25) is 8.75 Å². The van der Waals surface area contributed by atoms with E-state index in [9.17, 15) is 18.1 Å². The quantitative estimate of drug-likeness (QED) is 0.103. The molecule has 216 valence electrons. The predicted molar refractivity (Wildman–Crippen MR) is 152 cm³/mol. The summed E-state index contributed by atoms with van der Waals surface area (Å²) in [7, 11) is -8.25. The molecule has 2 unspecified atom stereocenters. The summed E-state index contributed by atoms with van der Waals surface area (Å²) in [5, 5.41) is 10.7. The minimum absolute atomic E-state index is 0.0512. The van der Waals surface area contributed by atoms with Crippen LogP contribution in [0.3, 0.4) is 0 Å². The van der Waals surface area contributed by atoms with Crippen LogP contribution in [0.5, 0.6) is 0 Å². The molecular weight excluding hydrogens is 511 g/mol. The highest BCUT2D eigenvalue weighted by Crippen LogP contribution is 2.57. The molecule has 0 aromatic rings. The van der Waals surface area contributed by atoms with Crippen LogP contribution in [0.25, 0.3) is 0 Å². The van der Waals surface area contributed by atoms with Crippen molar-refractivity contribution in [3.63, 3.8) is 0 Å². The molecule has 0 saturated heterocycles. The van der Waals surface area contributed by atoms with Gasteiger partial charge in [0, 0.05) is 0 Å². The van der Waals surface area contributed by atoms with Crippen LogP contribution in [0, 0.1) is 0 Å². The fourth-order valence-corrected chi connectivity index (χ4v) is 8.98. The fourth-order valence-electron chi connectivity index (χ4n) is 4.48. The number of rotatable bonds is 18. The van der Waals surface area contributed by atoms with Crippen molar-refractivity contribution in [1.82, 2.24) is 0 Å². The van der Waals surface area contributed by atoms with Crippen LogP contribution < -0.4 is 0 Å². The molecule has 9 heteroatoms. The van der Waals surface area contributed by atoms with Gasteiger partial charge in [-0.1, -0.05) is 54.2 Å². The minimum atomic E-state index is -4.24. The molecule has 0 radical (unpaired) electrons. The molecule has 0 aliphatic heterocycles. The van der Waals surface area contributed by atoms with Gasteiger partial charge < -0.3 is 14.2 Å². The van der Waals surface area contributed by atoms with Gasteiger partial charge in [0.05, 0.1) is 25.4 Å². The maximum Gasteiger partial charge on any atom is 0.351 e. The second-order valence-electron chi connectivity index (χ2n) is 10.2. The maximum absolute atomic E-state index is 13.5. The summed E-state index contributed by atoms with van der Waals surface area (Å²) in [5.74, 6) is 0. The van der Waals surface area contributed by atoms with Crippen molar-refractivity contribution in [3.05, 3.63) is 34.9 Å². The van der Waals surface area contributed by atoms with E-state index in [-0.39, 0.29) is 26.1 Å². The van der Waals surface area contributed by atoms with E-state index >= 15 is 0 Å². The van der Waals surface area contributed by atoms with Crippen LogP contribution in [0.4, 0.5) is 0 Å². The van der Waals surface area contributed by atoms with Gasteiger partial charge in [0.1, 0.15) is 0 Å². The Morgan fingerprint density at radius 3 is 2.05 bits per heavy atom. The third-order valence-corrected chi connectivity index (χ3v) is 11.6. The van der Waals surface area contributed by atoms with Gasteiger partial charge in [0.25, 0.3) is 10.1 Å². The lowest BCUT2D eigenvalue weighted by atomic mass is 9.98. The fraction of sp³-hybridized carbons (Fsp3) is 0.786. The van der Waals surface area contributed by atoms with Crippen molar-refractivity contribution in [2.45, 2.75) is 129 Å². The zero-order valence-corrected chi connectivity index (χ0v) is 25.6. The molecule has 7 nitrogen and oxygen atoms in total. The van der Waals surface area contributed by atoms with Crippen LogP contribution in [0.15, 0.2) is 34.9 Å². The molecule has 0 bridgehead atoms. The van der Waals surface area contributed by atoms with Gasteiger partial charge in [-0.15, -0.1) is 0 Å². The van der Waals surface area contributed by atoms with E-state index in [1.807, 2.05) is 6.92 Å². The van der Waals surface area contributed by atoms with Gasteiger partial charge in [-0.25, -0.2) is 0 Å². The maximum atomic E-state index is 13.5. The van der Waals surface area contributed by atoms with Crippen molar-refractivity contribution in [1.29, 1.82) is 0 Å². The number of hydrogen-bond donors (Lipinski definition) is 1. The van der Waals surface area contributed by atoms with Gasteiger partial charge in [-0.2, -0.15) is 8.42 Å². The second-order valence-corrected chi connectivity index (χ2v) is 14.6. The lowest BCUT2D eigenvalue weighted by Crippen LogP contribution is -2.31. The molecule has 37 heavy (non-hydrogen) atoms. The first kappa shape index (κ1) is 34.3. The largest absolute Gasteiger partial charge is 0.389 e. The smallest absolute Gasteiger partial charge is 0.351 e. The zero-order chi connectivity index (χ0) is 27.9. The Bertz CT molecular complexity index is 887. The van der Waals surface area contributed by atoms with E-state index in [1.165, 1.54) is 11.1 Å². The summed E-state index contributed by atoms with van der Waals surface area (Å²) >= 11 is 0. The second kappa shape index (κ2) is 17.8.